The molecule has 0 fully saturated rings. The highest BCUT2D eigenvalue weighted by molar-refractivity contribution is 5.89. The van der Waals surface area contributed by atoms with E-state index in [4.69, 9.17) is 0 Å². The molecule has 0 aliphatic heterocycles. The first-order chi connectivity index (χ1) is 9.16. The summed E-state index contributed by atoms with van der Waals surface area (Å²) in [5, 5.41) is 7.06. The maximum atomic E-state index is 11.9. The number of carbonyl (C=O) groups excluding carboxylic acids is 1. The molecule has 5 nitrogen and oxygen atoms in total. The van der Waals surface area contributed by atoms with Crippen molar-refractivity contribution < 1.29 is 4.79 Å². The van der Waals surface area contributed by atoms with Crippen molar-refractivity contribution in [3.05, 3.63) is 42.4 Å². The fourth-order valence-electron chi connectivity index (χ4n) is 1.83. The Bertz CT molecular complexity index is 533. The molecule has 2 rings (SSSR count). The molecule has 0 bridgehead atoms. The van der Waals surface area contributed by atoms with Crippen LogP contribution in [0.1, 0.15) is 31.9 Å². The Kier molecular flexibility index (Phi) is 4.28. The third-order valence-corrected chi connectivity index (χ3v) is 2.79. The van der Waals surface area contributed by atoms with Gasteiger partial charge < -0.3 is 5.32 Å². The van der Waals surface area contributed by atoms with Gasteiger partial charge in [-0.1, -0.05) is 6.07 Å². The summed E-state index contributed by atoms with van der Waals surface area (Å²) in [4.78, 5) is 15.9. The smallest absolute Gasteiger partial charge is 0.225 e. The van der Waals surface area contributed by atoms with Crippen LogP contribution in [0.4, 0.5) is 5.82 Å². The number of carbonyl (C=O) groups is 1. The first-order valence-corrected chi connectivity index (χ1v) is 6.39. The third-order valence-electron chi connectivity index (χ3n) is 2.79. The lowest BCUT2D eigenvalue weighted by atomic mass is 10.1. The molecule has 5 heteroatoms. The highest BCUT2D eigenvalue weighted by atomic mass is 16.1. The van der Waals surface area contributed by atoms with Crippen LogP contribution >= 0.6 is 0 Å². The summed E-state index contributed by atoms with van der Waals surface area (Å²) in [7, 11) is 0. The molecule has 0 aliphatic carbocycles. The van der Waals surface area contributed by atoms with Crippen LogP contribution in [-0.4, -0.2) is 20.7 Å². The molecule has 1 amide bonds. The second-order valence-electron chi connectivity index (χ2n) is 4.66. The van der Waals surface area contributed by atoms with Crippen LogP contribution in [0, 0.1) is 0 Å². The van der Waals surface area contributed by atoms with E-state index in [-0.39, 0.29) is 11.9 Å². The molecule has 2 heterocycles. The van der Waals surface area contributed by atoms with Gasteiger partial charge >= 0.3 is 0 Å². The SMILES string of the molecule is CC(C)n1nccc1NC(=O)CCc1cccnc1. The van der Waals surface area contributed by atoms with E-state index in [1.54, 1.807) is 23.3 Å². The van der Waals surface area contributed by atoms with Gasteiger partial charge in [-0.05, 0) is 31.9 Å². The van der Waals surface area contributed by atoms with Crippen LogP contribution in [0.25, 0.3) is 0 Å². The van der Waals surface area contributed by atoms with Gasteiger partial charge in [-0.25, -0.2) is 4.68 Å². The number of hydrogen-bond donors (Lipinski definition) is 1. The van der Waals surface area contributed by atoms with Crippen molar-refractivity contribution >= 4 is 11.7 Å². The molecule has 19 heavy (non-hydrogen) atoms. The van der Waals surface area contributed by atoms with E-state index in [1.165, 1.54) is 0 Å². The van der Waals surface area contributed by atoms with Crippen molar-refractivity contribution in [1.29, 1.82) is 0 Å². The lowest BCUT2D eigenvalue weighted by Crippen LogP contribution is -2.17. The number of nitrogens with zero attached hydrogens (tertiary/aromatic N) is 3. The molecule has 0 radical (unpaired) electrons. The van der Waals surface area contributed by atoms with Gasteiger partial charge in [-0.3, -0.25) is 9.78 Å². The summed E-state index contributed by atoms with van der Waals surface area (Å²) in [6.07, 6.45) is 6.33. The van der Waals surface area contributed by atoms with Gasteiger partial charge in [0, 0.05) is 30.9 Å². The van der Waals surface area contributed by atoms with E-state index in [9.17, 15) is 4.79 Å². The quantitative estimate of drug-likeness (QED) is 0.896. The van der Waals surface area contributed by atoms with Gasteiger partial charge in [0.2, 0.25) is 5.91 Å². The predicted molar refractivity (Wildman–Crippen MR) is 73.8 cm³/mol. The standard InChI is InChI=1S/C14H18N4O/c1-11(2)18-13(7-9-16-18)17-14(19)6-5-12-4-3-8-15-10-12/h3-4,7-11H,5-6H2,1-2H3,(H,17,19). The second-order valence-corrected chi connectivity index (χ2v) is 4.66. The summed E-state index contributed by atoms with van der Waals surface area (Å²) in [6, 6.07) is 5.88. The molecular weight excluding hydrogens is 240 g/mol. The monoisotopic (exact) mass is 258 g/mol. The van der Waals surface area contributed by atoms with Crippen molar-refractivity contribution in [3.8, 4) is 0 Å². The Morgan fingerprint density at radius 2 is 2.21 bits per heavy atom. The van der Waals surface area contributed by atoms with Gasteiger partial charge in [0.15, 0.2) is 0 Å². The first-order valence-electron chi connectivity index (χ1n) is 6.39. The molecule has 0 unspecified atom stereocenters. The van der Waals surface area contributed by atoms with Crippen molar-refractivity contribution in [2.24, 2.45) is 0 Å². The number of rotatable bonds is 5. The molecule has 1 N–H and O–H groups in total. The van der Waals surface area contributed by atoms with Gasteiger partial charge in [0.25, 0.3) is 0 Å². The topological polar surface area (TPSA) is 59.8 Å². The van der Waals surface area contributed by atoms with Crippen LogP contribution in [0.2, 0.25) is 0 Å². The fraction of sp³-hybridized carbons (Fsp3) is 0.357. The Morgan fingerprint density at radius 1 is 1.37 bits per heavy atom. The zero-order chi connectivity index (χ0) is 13.7. The molecule has 2 aromatic rings. The van der Waals surface area contributed by atoms with Crippen LogP contribution in [0.15, 0.2) is 36.8 Å². The maximum absolute atomic E-state index is 11.9. The fourth-order valence-corrected chi connectivity index (χ4v) is 1.83. The summed E-state index contributed by atoms with van der Waals surface area (Å²) >= 11 is 0. The van der Waals surface area contributed by atoms with Gasteiger partial charge in [-0.2, -0.15) is 5.10 Å². The number of hydrogen-bond acceptors (Lipinski definition) is 3. The Labute approximate surface area is 112 Å². The van der Waals surface area contributed by atoms with E-state index in [0.717, 1.165) is 11.4 Å². The van der Waals surface area contributed by atoms with Crippen LogP contribution in [0.5, 0.6) is 0 Å². The minimum Gasteiger partial charge on any atom is -0.311 e. The van der Waals surface area contributed by atoms with Crippen molar-refractivity contribution in [2.75, 3.05) is 5.32 Å². The van der Waals surface area contributed by atoms with Gasteiger partial charge in [-0.15, -0.1) is 0 Å². The molecule has 0 saturated heterocycles. The van der Waals surface area contributed by atoms with Crippen molar-refractivity contribution in [1.82, 2.24) is 14.8 Å². The highest BCUT2D eigenvalue weighted by Gasteiger charge is 2.09. The van der Waals surface area contributed by atoms with E-state index in [0.29, 0.717) is 12.8 Å². The van der Waals surface area contributed by atoms with Crippen molar-refractivity contribution in [3.63, 3.8) is 0 Å². The number of amides is 1. The number of anilines is 1. The average Bonchev–Trinajstić information content (AvgIpc) is 2.86. The van der Waals surface area contributed by atoms with Crippen LogP contribution < -0.4 is 5.32 Å². The summed E-state index contributed by atoms with van der Waals surface area (Å²) in [6.45, 7) is 4.05. The highest BCUT2D eigenvalue weighted by Crippen LogP contribution is 2.13. The van der Waals surface area contributed by atoms with Crippen LogP contribution in [0.3, 0.4) is 0 Å². The lowest BCUT2D eigenvalue weighted by Gasteiger charge is -2.11. The molecule has 0 atom stereocenters. The normalized spacial score (nSPS) is 10.7. The van der Waals surface area contributed by atoms with Gasteiger partial charge in [0.05, 0.1) is 6.20 Å². The predicted octanol–water partition coefficient (Wildman–Crippen LogP) is 2.43. The minimum atomic E-state index is -0.00810. The Hall–Kier alpha value is -2.17. The molecule has 0 spiro atoms. The lowest BCUT2D eigenvalue weighted by molar-refractivity contribution is -0.116. The molecule has 0 aromatic carbocycles. The number of aryl methyl sites for hydroxylation is 1. The number of nitrogens with one attached hydrogen (secondary N) is 1. The maximum Gasteiger partial charge on any atom is 0.225 e. The largest absolute Gasteiger partial charge is 0.311 e. The Morgan fingerprint density at radius 3 is 2.89 bits per heavy atom. The summed E-state index contributed by atoms with van der Waals surface area (Å²) < 4.78 is 1.79. The van der Waals surface area contributed by atoms with Crippen molar-refractivity contribution in [2.45, 2.75) is 32.7 Å². The van der Waals surface area contributed by atoms with E-state index < -0.39 is 0 Å². The van der Waals surface area contributed by atoms with E-state index in [2.05, 4.69) is 15.4 Å². The molecule has 2 aromatic heterocycles. The third kappa shape index (κ3) is 3.64. The second kappa shape index (κ2) is 6.13. The number of pyridine rings is 1. The minimum absolute atomic E-state index is 0.00810. The van der Waals surface area contributed by atoms with Gasteiger partial charge in [0.1, 0.15) is 5.82 Å². The first kappa shape index (κ1) is 13.3. The molecule has 0 saturated carbocycles. The molecule has 100 valence electrons. The van der Waals surface area contributed by atoms with E-state index >= 15 is 0 Å². The molecular formula is C14H18N4O. The zero-order valence-electron chi connectivity index (χ0n) is 11.2. The average molecular weight is 258 g/mol. The zero-order valence-corrected chi connectivity index (χ0v) is 11.2. The number of aromatic nitrogens is 3. The van der Waals surface area contributed by atoms with Crippen LogP contribution in [-0.2, 0) is 11.2 Å². The summed E-state index contributed by atoms with van der Waals surface area (Å²) in [5.74, 6) is 0.734. The van der Waals surface area contributed by atoms with E-state index in [1.807, 2.05) is 32.0 Å². The summed E-state index contributed by atoms with van der Waals surface area (Å²) in [5.41, 5.74) is 1.06. The molecule has 0 aliphatic rings. The Balaban J connectivity index is 1.89.